The second-order valence-corrected chi connectivity index (χ2v) is 9.42. The van der Waals surface area contributed by atoms with Gasteiger partial charge in [0.2, 0.25) is 0 Å². The Kier molecular flexibility index (Phi) is 2.77. The van der Waals surface area contributed by atoms with Gasteiger partial charge < -0.3 is 19.5 Å². The lowest BCUT2D eigenvalue weighted by atomic mass is 9.57. The van der Waals surface area contributed by atoms with Gasteiger partial charge in [-0.2, -0.15) is 0 Å². The Morgan fingerprint density at radius 2 is 1.96 bits per heavy atom. The number of hydrogen-bond acceptors (Lipinski definition) is 4. The molecule has 1 aromatic carbocycles. The summed E-state index contributed by atoms with van der Waals surface area (Å²) in [5.41, 5.74) is 1.36. The van der Waals surface area contributed by atoms with E-state index < -0.39 is 0 Å². The molecule has 0 amide bonds. The van der Waals surface area contributed by atoms with Crippen molar-refractivity contribution in [1.29, 1.82) is 0 Å². The van der Waals surface area contributed by atoms with E-state index in [2.05, 4.69) is 23.5 Å². The van der Waals surface area contributed by atoms with E-state index in [1.165, 1.54) is 12.0 Å². The predicted molar refractivity (Wildman–Crippen MR) is 95.7 cm³/mol. The van der Waals surface area contributed by atoms with Crippen molar-refractivity contribution in [3.05, 3.63) is 29.8 Å². The van der Waals surface area contributed by atoms with E-state index in [0.717, 1.165) is 67.4 Å². The second kappa shape index (κ2) is 4.84. The molecule has 6 fully saturated rings. The minimum atomic E-state index is -0.169. The molecule has 1 saturated heterocycles. The van der Waals surface area contributed by atoms with Crippen molar-refractivity contribution in [3.8, 4) is 5.75 Å². The average Bonchev–Trinajstić information content (AvgIpc) is 3.34. The Balaban J connectivity index is 1.11. The van der Waals surface area contributed by atoms with E-state index in [1.54, 1.807) is 7.11 Å². The Morgan fingerprint density at radius 1 is 1.08 bits per heavy atom. The van der Waals surface area contributed by atoms with Crippen LogP contribution in [0.15, 0.2) is 24.3 Å². The predicted octanol–water partition coefficient (Wildman–Crippen LogP) is 2.33. The summed E-state index contributed by atoms with van der Waals surface area (Å²) in [6.45, 7) is 2.69. The number of methoxy groups -OCH3 is 1. The number of rotatable bonds is 5. The van der Waals surface area contributed by atoms with Gasteiger partial charge in [0.05, 0.1) is 20.3 Å². The van der Waals surface area contributed by atoms with Crippen LogP contribution < -0.4 is 10.1 Å². The molecule has 1 N–H and O–H groups in total. The van der Waals surface area contributed by atoms with Crippen LogP contribution in [-0.4, -0.2) is 38.7 Å². The van der Waals surface area contributed by atoms with Crippen molar-refractivity contribution in [2.24, 2.45) is 47.3 Å². The molecular formula is C22H27NO3. The zero-order valence-corrected chi connectivity index (χ0v) is 15.3. The fourth-order valence-corrected chi connectivity index (χ4v) is 8.80. The summed E-state index contributed by atoms with van der Waals surface area (Å²) in [5, 5.41) is 4.00. The standard InChI is InChI=1S/C22H27NO3/c1-24-12-4-2-3-11(9-12)5-6-23-21-17-13-10-14-16-15(13)18(21)20(16)22(19(14)17)25-7-8-26-22/h2-4,9,13-21,23H,5-8,10H2,1H3/t13-,14+,15-,16+,17+,18-,19-,20+,21-/m0/s1. The highest BCUT2D eigenvalue weighted by atomic mass is 16.7. The molecule has 5 aliphatic carbocycles. The molecule has 0 aromatic heterocycles. The van der Waals surface area contributed by atoms with Gasteiger partial charge in [0, 0.05) is 17.9 Å². The molecule has 1 heterocycles. The van der Waals surface area contributed by atoms with Crippen molar-refractivity contribution in [1.82, 2.24) is 5.32 Å². The minimum Gasteiger partial charge on any atom is -0.497 e. The summed E-state index contributed by atoms with van der Waals surface area (Å²) >= 11 is 0. The van der Waals surface area contributed by atoms with Gasteiger partial charge in [0.15, 0.2) is 5.79 Å². The third-order valence-electron chi connectivity index (χ3n) is 9.05. The van der Waals surface area contributed by atoms with Crippen LogP contribution >= 0.6 is 0 Å². The van der Waals surface area contributed by atoms with E-state index in [1.807, 2.05) is 6.07 Å². The molecule has 9 atom stereocenters. The summed E-state index contributed by atoms with van der Waals surface area (Å²) in [7, 11) is 1.74. The molecule has 138 valence electrons. The second-order valence-electron chi connectivity index (χ2n) is 9.42. The van der Waals surface area contributed by atoms with Gasteiger partial charge >= 0.3 is 0 Å². The molecule has 7 rings (SSSR count). The molecule has 5 saturated carbocycles. The van der Waals surface area contributed by atoms with E-state index in [-0.39, 0.29) is 5.79 Å². The molecule has 2 bridgehead atoms. The molecule has 4 heteroatoms. The number of benzene rings is 1. The number of nitrogens with one attached hydrogen (secondary N) is 1. The minimum absolute atomic E-state index is 0.169. The van der Waals surface area contributed by atoms with Crippen LogP contribution in [0.25, 0.3) is 0 Å². The fourth-order valence-electron chi connectivity index (χ4n) is 8.80. The van der Waals surface area contributed by atoms with Crippen LogP contribution in [0.4, 0.5) is 0 Å². The van der Waals surface area contributed by atoms with Gasteiger partial charge in [-0.15, -0.1) is 0 Å². The fraction of sp³-hybridized carbons (Fsp3) is 0.727. The smallest absolute Gasteiger partial charge is 0.175 e. The Morgan fingerprint density at radius 3 is 2.81 bits per heavy atom. The molecule has 0 unspecified atom stereocenters. The molecule has 1 spiro atoms. The van der Waals surface area contributed by atoms with Crippen molar-refractivity contribution in [3.63, 3.8) is 0 Å². The zero-order chi connectivity index (χ0) is 17.0. The highest BCUT2D eigenvalue weighted by Crippen LogP contribution is 2.86. The van der Waals surface area contributed by atoms with E-state index in [0.29, 0.717) is 17.9 Å². The monoisotopic (exact) mass is 353 g/mol. The number of hydrogen-bond donors (Lipinski definition) is 1. The zero-order valence-electron chi connectivity index (χ0n) is 15.3. The highest BCUT2D eigenvalue weighted by Gasteiger charge is 2.88. The SMILES string of the molecule is COc1cccc(CCN[C@@H]2[C@H]3[C@H]4[C@@H]5C[C@@H]6[C@H]4[C@H]3C3(OCCO3)[C@@H]6[C@@H]52)c1. The van der Waals surface area contributed by atoms with Crippen LogP contribution in [0, 0.1) is 47.3 Å². The third kappa shape index (κ3) is 1.49. The van der Waals surface area contributed by atoms with Crippen molar-refractivity contribution in [2.45, 2.75) is 24.7 Å². The van der Waals surface area contributed by atoms with E-state index in [9.17, 15) is 0 Å². The van der Waals surface area contributed by atoms with Gasteiger partial charge in [0.1, 0.15) is 5.75 Å². The van der Waals surface area contributed by atoms with Crippen molar-refractivity contribution < 1.29 is 14.2 Å². The summed E-state index contributed by atoms with van der Waals surface area (Å²) in [6.07, 6.45) is 2.53. The first-order chi connectivity index (χ1) is 12.8. The highest BCUT2D eigenvalue weighted by molar-refractivity contribution is 5.35. The maximum absolute atomic E-state index is 6.35. The van der Waals surface area contributed by atoms with Gasteiger partial charge in [0.25, 0.3) is 0 Å². The maximum Gasteiger partial charge on any atom is 0.175 e. The molecule has 0 radical (unpaired) electrons. The topological polar surface area (TPSA) is 39.7 Å². The van der Waals surface area contributed by atoms with Crippen molar-refractivity contribution >= 4 is 0 Å². The number of ether oxygens (including phenoxy) is 3. The van der Waals surface area contributed by atoms with E-state index >= 15 is 0 Å². The van der Waals surface area contributed by atoms with Gasteiger partial charge in [-0.25, -0.2) is 0 Å². The normalized spacial score (nSPS) is 50.1. The molecular weight excluding hydrogens is 326 g/mol. The summed E-state index contributed by atoms with van der Waals surface area (Å²) in [6, 6.07) is 9.19. The van der Waals surface area contributed by atoms with Gasteiger partial charge in [-0.1, -0.05) is 12.1 Å². The molecule has 26 heavy (non-hydrogen) atoms. The summed E-state index contributed by atoms with van der Waals surface area (Å²) in [4.78, 5) is 0. The van der Waals surface area contributed by atoms with Crippen LogP contribution in [0.1, 0.15) is 12.0 Å². The van der Waals surface area contributed by atoms with E-state index in [4.69, 9.17) is 14.2 Å². The quantitative estimate of drug-likeness (QED) is 0.882. The van der Waals surface area contributed by atoms with Crippen LogP contribution in [0.5, 0.6) is 5.75 Å². The molecule has 1 aliphatic heterocycles. The Labute approximate surface area is 154 Å². The van der Waals surface area contributed by atoms with Gasteiger partial charge in [-0.05, 0) is 72.6 Å². The van der Waals surface area contributed by atoms with Crippen LogP contribution in [0.3, 0.4) is 0 Å². The summed E-state index contributed by atoms with van der Waals surface area (Å²) < 4.78 is 18.1. The summed E-state index contributed by atoms with van der Waals surface area (Å²) in [5.74, 6) is 7.52. The Hall–Kier alpha value is -1.10. The first-order valence-corrected chi connectivity index (χ1v) is 10.5. The van der Waals surface area contributed by atoms with Crippen LogP contribution in [-0.2, 0) is 15.9 Å². The largest absolute Gasteiger partial charge is 0.497 e. The maximum atomic E-state index is 6.35. The van der Waals surface area contributed by atoms with Crippen LogP contribution in [0.2, 0.25) is 0 Å². The van der Waals surface area contributed by atoms with Crippen molar-refractivity contribution in [2.75, 3.05) is 26.9 Å². The average molecular weight is 353 g/mol. The first kappa shape index (κ1) is 14.9. The first-order valence-electron chi connectivity index (χ1n) is 10.5. The lowest BCUT2D eigenvalue weighted by Crippen LogP contribution is -2.62. The third-order valence-corrected chi connectivity index (χ3v) is 9.05. The Bertz CT molecular complexity index is 760. The lowest BCUT2D eigenvalue weighted by Gasteiger charge is -2.54. The molecule has 4 nitrogen and oxygen atoms in total. The molecule has 1 aromatic rings. The number of fused-ring (bicyclic) bond motifs is 4. The van der Waals surface area contributed by atoms with Gasteiger partial charge in [-0.3, -0.25) is 0 Å². The lowest BCUT2D eigenvalue weighted by molar-refractivity contribution is -0.264. The molecule has 6 aliphatic rings.